The number of halogens is 1. The van der Waals surface area contributed by atoms with Crippen molar-refractivity contribution in [2.75, 3.05) is 13.2 Å². The first-order valence-electron chi connectivity index (χ1n) is 6.49. The Morgan fingerprint density at radius 1 is 1.40 bits per heavy atom. The molecular weight excluding hydrogens is 326 g/mol. The Morgan fingerprint density at radius 3 is 2.95 bits per heavy atom. The first-order chi connectivity index (χ1) is 9.58. The number of ether oxygens (including phenoxy) is 1. The highest BCUT2D eigenvalue weighted by atomic mass is 79.9. The van der Waals surface area contributed by atoms with Gasteiger partial charge in [-0.15, -0.1) is 0 Å². The number of carboxylic acid groups (broad SMARTS) is 1. The van der Waals surface area contributed by atoms with Crippen LogP contribution >= 0.6 is 15.9 Å². The Morgan fingerprint density at radius 2 is 2.20 bits per heavy atom. The zero-order valence-corrected chi connectivity index (χ0v) is 12.5. The third kappa shape index (κ3) is 3.72. The summed E-state index contributed by atoms with van der Waals surface area (Å²) in [7, 11) is 0. The summed E-state index contributed by atoms with van der Waals surface area (Å²) in [6.45, 7) is 0.846. The Bertz CT molecular complexity index is 518. The van der Waals surface area contributed by atoms with Crippen molar-refractivity contribution < 1.29 is 19.4 Å². The molecule has 6 heteroatoms. The molecule has 2 N–H and O–H groups in total. The predicted octanol–water partition coefficient (Wildman–Crippen LogP) is 2.30. The molecule has 0 saturated heterocycles. The maximum Gasteiger partial charge on any atom is 0.303 e. The third-order valence-corrected chi connectivity index (χ3v) is 3.68. The van der Waals surface area contributed by atoms with Crippen LogP contribution in [0.25, 0.3) is 0 Å². The van der Waals surface area contributed by atoms with Crippen molar-refractivity contribution in [2.45, 2.75) is 25.2 Å². The second kappa shape index (κ2) is 6.74. The predicted molar refractivity (Wildman–Crippen MR) is 76.9 cm³/mol. The van der Waals surface area contributed by atoms with Crippen LogP contribution in [0.15, 0.2) is 22.7 Å². The standard InChI is InChI=1S/C14H16BrNO4/c15-9-4-5-12-10(7-9)11(8-20-12)14(19)16-6-2-1-3-13(17)18/h4-5,7,11H,1-3,6,8H2,(H,16,19)(H,17,18). The Kier molecular flexibility index (Phi) is 5.00. The van der Waals surface area contributed by atoms with Gasteiger partial charge in [0.2, 0.25) is 5.91 Å². The van der Waals surface area contributed by atoms with Crippen LogP contribution in [0.3, 0.4) is 0 Å². The number of rotatable bonds is 6. The molecule has 1 aromatic carbocycles. The fraction of sp³-hybridized carbons (Fsp3) is 0.429. The largest absolute Gasteiger partial charge is 0.492 e. The van der Waals surface area contributed by atoms with E-state index in [1.807, 2.05) is 18.2 Å². The zero-order valence-electron chi connectivity index (χ0n) is 10.9. The van der Waals surface area contributed by atoms with Crippen molar-refractivity contribution in [1.82, 2.24) is 5.32 Å². The van der Waals surface area contributed by atoms with E-state index in [9.17, 15) is 9.59 Å². The van der Waals surface area contributed by atoms with Crippen molar-refractivity contribution in [2.24, 2.45) is 0 Å². The van der Waals surface area contributed by atoms with Gasteiger partial charge < -0.3 is 15.2 Å². The number of fused-ring (bicyclic) bond motifs is 1. The van der Waals surface area contributed by atoms with E-state index in [2.05, 4.69) is 21.2 Å². The fourth-order valence-corrected chi connectivity index (χ4v) is 2.52. The summed E-state index contributed by atoms with van der Waals surface area (Å²) in [6, 6.07) is 5.63. The lowest BCUT2D eigenvalue weighted by Gasteiger charge is -2.10. The number of benzene rings is 1. The van der Waals surface area contributed by atoms with E-state index >= 15 is 0 Å². The number of hydrogen-bond donors (Lipinski definition) is 2. The highest BCUT2D eigenvalue weighted by Gasteiger charge is 2.30. The van der Waals surface area contributed by atoms with Crippen molar-refractivity contribution in [3.8, 4) is 5.75 Å². The lowest BCUT2D eigenvalue weighted by molar-refractivity contribution is -0.137. The van der Waals surface area contributed by atoms with E-state index in [1.165, 1.54) is 0 Å². The summed E-state index contributed by atoms with van der Waals surface area (Å²) in [5, 5.41) is 11.4. The topological polar surface area (TPSA) is 75.6 Å². The van der Waals surface area contributed by atoms with Gasteiger partial charge in [0.15, 0.2) is 0 Å². The molecule has 1 atom stereocenters. The van der Waals surface area contributed by atoms with Crippen LogP contribution in [0.5, 0.6) is 5.75 Å². The Hall–Kier alpha value is -1.56. The SMILES string of the molecule is O=C(O)CCCCNC(=O)C1COc2ccc(Br)cc21. The van der Waals surface area contributed by atoms with Gasteiger partial charge in [-0.05, 0) is 31.0 Å². The number of hydrogen-bond acceptors (Lipinski definition) is 3. The van der Waals surface area contributed by atoms with Gasteiger partial charge in [0.25, 0.3) is 0 Å². The van der Waals surface area contributed by atoms with Crippen molar-refractivity contribution in [3.63, 3.8) is 0 Å². The van der Waals surface area contributed by atoms with Crippen LogP contribution in [0.2, 0.25) is 0 Å². The number of amides is 1. The molecule has 1 aromatic rings. The minimum Gasteiger partial charge on any atom is -0.492 e. The average Bonchev–Trinajstić information content (AvgIpc) is 2.80. The number of unbranched alkanes of at least 4 members (excludes halogenated alkanes) is 1. The average molecular weight is 342 g/mol. The summed E-state index contributed by atoms with van der Waals surface area (Å²) in [5.41, 5.74) is 0.891. The molecule has 1 aliphatic rings. The Balaban J connectivity index is 1.83. The van der Waals surface area contributed by atoms with Gasteiger partial charge in [-0.1, -0.05) is 15.9 Å². The lowest BCUT2D eigenvalue weighted by atomic mass is 10.0. The van der Waals surface area contributed by atoms with E-state index in [0.29, 0.717) is 26.0 Å². The molecule has 0 aliphatic carbocycles. The van der Waals surface area contributed by atoms with Crippen LogP contribution in [0.4, 0.5) is 0 Å². The van der Waals surface area contributed by atoms with Crippen molar-refractivity contribution >= 4 is 27.8 Å². The molecule has 1 unspecified atom stereocenters. The molecule has 2 rings (SSSR count). The molecule has 5 nitrogen and oxygen atoms in total. The molecule has 0 bridgehead atoms. The molecule has 1 heterocycles. The van der Waals surface area contributed by atoms with Gasteiger partial charge in [0, 0.05) is 23.0 Å². The van der Waals surface area contributed by atoms with Crippen LogP contribution in [-0.4, -0.2) is 30.1 Å². The summed E-state index contributed by atoms with van der Waals surface area (Å²) < 4.78 is 6.40. The Labute approximate surface area is 125 Å². The van der Waals surface area contributed by atoms with Gasteiger partial charge in [0.05, 0.1) is 0 Å². The molecule has 20 heavy (non-hydrogen) atoms. The van der Waals surface area contributed by atoms with E-state index in [-0.39, 0.29) is 18.2 Å². The van der Waals surface area contributed by atoms with Crippen LogP contribution < -0.4 is 10.1 Å². The van der Waals surface area contributed by atoms with Gasteiger partial charge in [-0.3, -0.25) is 9.59 Å². The first-order valence-corrected chi connectivity index (χ1v) is 7.29. The number of aliphatic carboxylic acids is 1. The van der Waals surface area contributed by atoms with E-state index < -0.39 is 5.97 Å². The molecule has 0 aromatic heterocycles. The normalized spacial score (nSPS) is 16.4. The molecule has 108 valence electrons. The summed E-state index contributed by atoms with van der Waals surface area (Å²) in [6.07, 6.45) is 1.37. The molecule has 0 spiro atoms. The summed E-state index contributed by atoms with van der Waals surface area (Å²) >= 11 is 3.39. The van der Waals surface area contributed by atoms with Crippen LogP contribution in [-0.2, 0) is 9.59 Å². The number of carboxylic acids is 1. The number of nitrogens with one attached hydrogen (secondary N) is 1. The van der Waals surface area contributed by atoms with Gasteiger partial charge in [-0.2, -0.15) is 0 Å². The van der Waals surface area contributed by atoms with Gasteiger partial charge >= 0.3 is 5.97 Å². The highest BCUT2D eigenvalue weighted by molar-refractivity contribution is 9.10. The van der Waals surface area contributed by atoms with Gasteiger partial charge in [0.1, 0.15) is 18.3 Å². The quantitative estimate of drug-likeness (QED) is 0.778. The highest BCUT2D eigenvalue weighted by Crippen LogP contribution is 2.35. The van der Waals surface area contributed by atoms with Crippen LogP contribution in [0, 0.1) is 0 Å². The molecule has 0 fully saturated rings. The van der Waals surface area contributed by atoms with E-state index in [4.69, 9.17) is 9.84 Å². The lowest BCUT2D eigenvalue weighted by Crippen LogP contribution is -2.31. The van der Waals surface area contributed by atoms with Gasteiger partial charge in [-0.25, -0.2) is 0 Å². The molecule has 0 radical (unpaired) electrons. The number of carbonyl (C=O) groups excluding carboxylic acids is 1. The number of carbonyl (C=O) groups is 2. The molecule has 0 saturated carbocycles. The second-order valence-electron chi connectivity index (χ2n) is 4.69. The van der Waals surface area contributed by atoms with Crippen LogP contribution in [0.1, 0.15) is 30.7 Å². The maximum atomic E-state index is 12.1. The summed E-state index contributed by atoms with van der Waals surface area (Å²) in [4.78, 5) is 22.5. The zero-order chi connectivity index (χ0) is 14.5. The maximum absolute atomic E-state index is 12.1. The van der Waals surface area contributed by atoms with E-state index in [0.717, 1.165) is 15.8 Å². The molecular formula is C14H16BrNO4. The van der Waals surface area contributed by atoms with Crippen molar-refractivity contribution in [1.29, 1.82) is 0 Å². The monoisotopic (exact) mass is 341 g/mol. The first kappa shape index (κ1) is 14.8. The second-order valence-corrected chi connectivity index (χ2v) is 5.60. The minimum absolute atomic E-state index is 0.0721. The van der Waals surface area contributed by atoms with Crippen molar-refractivity contribution in [3.05, 3.63) is 28.2 Å². The minimum atomic E-state index is -0.806. The molecule has 1 aliphatic heterocycles. The fourth-order valence-electron chi connectivity index (χ4n) is 2.14. The molecule has 1 amide bonds. The third-order valence-electron chi connectivity index (χ3n) is 3.19. The smallest absolute Gasteiger partial charge is 0.303 e. The summed E-state index contributed by atoms with van der Waals surface area (Å²) in [5.74, 6) is -0.419. The van der Waals surface area contributed by atoms with E-state index in [1.54, 1.807) is 0 Å².